The van der Waals surface area contributed by atoms with E-state index >= 15 is 0 Å². The van der Waals surface area contributed by atoms with E-state index in [1.54, 1.807) is 50.2 Å². The molecule has 0 atom stereocenters. The molecule has 0 aliphatic carbocycles. The van der Waals surface area contributed by atoms with Crippen LogP contribution in [0.1, 0.15) is 19.4 Å². The lowest BCUT2D eigenvalue weighted by molar-refractivity contribution is -0.136. The minimum Gasteiger partial charge on any atom is -0.493 e. The van der Waals surface area contributed by atoms with Crippen LogP contribution in [0.5, 0.6) is 17.2 Å². The molecule has 0 aliphatic heterocycles. The maximum absolute atomic E-state index is 12.1. The van der Waals surface area contributed by atoms with Crippen LogP contribution in [0, 0.1) is 11.3 Å². The fourth-order valence-electron chi connectivity index (χ4n) is 2.36. The number of nitriles is 1. The summed E-state index contributed by atoms with van der Waals surface area (Å²) in [5.41, 5.74) is 0.489. The van der Waals surface area contributed by atoms with Crippen molar-refractivity contribution in [2.75, 3.05) is 13.7 Å². The summed E-state index contributed by atoms with van der Waals surface area (Å²) < 4.78 is 15.9. The number of halogens is 1. The number of esters is 1. The van der Waals surface area contributed by atoms with E-state index in [2.05, 4.69) is 5.32 Å². The molecule has 2 aromatic rings. The summed E-state index contributed by atoms with van der Waals surface area (Å²) in [6.45, 7) is 3.28. The lowest BCUT2D eigenvalue weighted by Crippen LogP contribution is -2.30. The van der Waals surface area contributed by atoms with E-state index in [1.807, 2.05) is 6.07 Å². The Morgan fingerprint density at radius 2 is 1.97 bits per heavy atom. The molecule has 0 aromatic heterocycles. The Morgan fingerprint density at radius 1 is 1.20 bits per heavy atom. The molecular weight excluding hydrogens is 408 g/mol. The lowest BCUT2D eigenvalue weighted by Gasteiger charge is -2.11. The molecule has 0 saturated heterocycles. The van der Waals surface area contributed by atoms with Gasteiger partial charge in [-0.2, -0.15) is 5.26 Å². The van der Waals surface area contributed by atoms with Crippen molar-refractivity contribution in [1.29, 1.82) is 5.26 Å². The van der Waals surface area contributed by atoms with Crippen LogP contribution >= 0.6 is 11.6 Å². The van der Waals surface area contributed by atoms with Crippen molar-refractivity contribution in [3.8, 4) is 23.3 Å². The van der Waals surface area contributed by atoms with Crippen molar-refractivity contribution >= 4 is 29.6 Å². The summed E-state index contributed by atoms with van der Waals surface area (Å²) in [5.74, 6) is -0.220. The molecule has 1 N–H and O–H groups in total. The van der Waals surface area contributed by atoms with Crippen molar-refractivity contribution in [2.24, 2.45) is 0 Å². The molecule has 2 aromatic carbocycles. The molecule has 156 valence electrons. The number of rotatable bonds is 8. The molecule has 0 fully saturated rings. The molecule has 0 heterocycles. The summed E-state index contributed by atoms with van der Waals surface area (Å²) in [6.07, 6.45) is 1.42. The molecule has 0 spiro atoms. The van der Waals surface area contributed by atoms with Crippen LogP contribution in [0.3, 0.4) is 0 Å². The van der Waals surface area contributed by atoms with Crippen molar-refractivity contribution < 1.29 is 23.8 Å². The van der Waals surface area contributed by atoms with Gasteiger partial charge in [0.25, 0.3) is 5.91 Å². The Balaban J connectivity index is 2.09. The second-order valence-electron chi connectivity index (χ2n) is 6.43. The molecule has 2 rings (SSSR count). The van der Waals surface area contributed by atoms with Crippen molar-refractivity contribution in [3.63, 3.8) is 0 Å². The van der Waals surface area contributed by atoms with Gasteiger partial charge in [-0.1, -0.05) is 23.7 Å². The van der Waals surface area contributed by atoms with E-state index in [0.717, 1.165) is 0 Å². The molecule has 0 radical (unpaired) electrons. The van der Waals surface area contributed by atoms with Gasteiger partial charge in [0.05, 0.1) is 7.11 Å². The van der Waals surface area contributed by atoms with Gasteiger partial charge >= 0.3 is 5.97 Å². The Bertz CT molecular complexity index is 995. The maximum Gasteiger partial charge on any atom is 0.349 e. The number of methoxy groups -OCH3 is 1. The topological polar surface area (TPSA) is 97.6 Å². The van der Waals surface area contributed by atoms with Crippen LogP contribution in [-0.2, 0) is 9.59 Å². The summed E-state index contributed by atoms with van der Waals surface area (Å²) in [5, 5.41) is 12.4. The minimum absolute atomic E-state index is 0.0505. The second kappa shape index (κ2) is 10.9. The van der Waals surface area contributed by atoms with E-state index in [4.69, 9.17) is 25.8 Å². The first-order valence-electron chi connectivity index (χ1n) is 9.02. The van der Waals surface area contributed by atoms with Crippen LogP contribution in [0.2, 0.25) is 5.02 Å². The average Bonchev–Trinajstić information content (AvgIpc) is 2.70. The predicted molar refractivity (Wildman–Crippen MR) is 112 cm³/mol. The van der Waals surface area contributed by atoms with Gasteiger partial charge in [-0.15, -0.1) is 0 Å². The number of hydrogen-bond acceptors (Lipinski definition) is 6. The largest absolute Gasteiger partial charge is 0.493 e. The molecular formula is C22H21ClN2O5. The first kappa shape index (κ1) is 22.8. The van der Waals surface area contributed by atoms with Crippen LogP contribution < -0.4 is 19.5 Å². The predicted octanol–water partition coefficient (Wildman–Crippen LogP) is 3.76. The Labute approximate surface area is 179 Å². The fraction of sp³-hybridized carbons (Fsp3) is 0.227. The third-order valence-electron chi connectivity index (χ3n) is 3.66. The van der Waals surface area contributed by atoms with Gasteiger partial charge in [0.1, 0.15) is 17.4 Å². The van der Waals surface area contributed by atoms with Gasteiger partial charge in [-0.25, -0.2) is 4.79 Å². The van der Waals surface area contributed by atoms with Gasteiger partial charge in [0.15, 0.2) is 18.1 Å². The molecule has 0 aliphatic rings. The number of nitrogens with zero attached hydrogens (tertiary/aromatic N) is 1. The Hall–Kier alpha value is -3.50. The monoisotopic (exact) mass is 428 g/mol. The number of benzene rings is 2. The smallest absolute Gasteiger partial charge is 0.349 e. The highest BCUT2D eigenvalue weighted by molar-refractivity contribution is 6.30. The zero-order chi connectivity index (χ0) is 22.1. The molecule has 30 heavy (non-hydrogen) atoms. The molecule has 0 unspecified atom stereocenters. The summed E-state index contributed by atoms with van der Waals surface area (Å²) in [4.78, 5) is 24.1. The van der Waals surface area contributed by atoms with Gasteiger partial charge in [-0.05, 0) is 55.8 Å². The number of nitrogens with one attached hydrogen (secondary N) is 1. The van der Waals surface area contributed by atoms with E-state index in [1.165, 1.54) is 19.3 Å². The zero-order valence-electron chi connectivity index (χ0n) is 16.8. The number of carbonyl (C=O) groups excluding carboxylic acids is 2. The van der Waals surface area contributed by atoms with Gasteiger partial charge < -0.3 is 19.5 Å². The highest BCUT2D eigenvalue weighted by Gasteiger charge is 2.14. The highest BCUT2D eigenvalue weighted by atomic mass is 35.5. The standard InChI is InChI=1S/C22H21ClN2O5/c1-14(2)25-22(27)16(12-24)9-15-7-8-19(20(10-15)28-3)30-21(26)13-29-18-6-4-5-17(23)11-18/h4-11,14H,13H2,1-3H3,(H,25,27)/b16-9+. The molecule has 0 saturated carbocycles. The average molecular weight is 429 g/mol. The van der Waals surface area contributed by atoms with Gasteiger partial charge in [0, 0.05) is 11.1 Å². The molecule has 8 heteroatoms. The Kier molecular flexibility index (Phi) is 8.27. The van der Waals surface area contributed by atoms with Crippen molar-refractivity contribution in [3.05, 3.63) is 58.6 Å². The molecule has 1 amide bonds. The number of amides is 1. The van der Waals surface area contributed by atoms with Crippen molar-refractivity contribution in [1.82, 2.24) is 5.32 Å². The quantitative estimate of drug-likeness (QED) is 0.297. The van der Waals surface area contributed by atoms with Crippen LogP contribution in [-0.4, -0.2) is 31.6 Å². The summed E-state index contributed by atoms with van der Waals surface area (Å²) in [7, 11) is 1.42. The van der Waals surface area contributed by atoms with Crippen LogP contribution in [0.15, 0.2) is 48.0 Å². The third kappa shape index (κ3) is 6.83. The third-order valence-corrected chi connectivity index (χ3v) is 3.90. The summed E-state index contributed by atoms with van der Waals surface area (Å²) in [6, 6.07) is 13.1. The normalized spacial score (nSPS) is 10.9. The minimum atomic E-state index is -0.634. The van der Waals surface area contributed by atoms with Crippen LogP contribution in [0.4, 0.5) is 0 Å². The van der Waals surface area contributed by atoms with E-state index < -0.39 is 11.9 Å². The van der Waals surface area contributed by atoms with Crippen molar-refractivity contribution in [2.45, 2.75) is 19.9 Å². The van der Waals surface area contributed by atoms with E-state index in [-0.39, 0.29) is 29.7 Å². The molecule has 7 nitrogen and oxygen atoms in total. The number of carbonyl (C=O) groups is 2. The van der Waals surface area contributed by atoms with E-state index in [0.29, 0.717) is 16.3 Å². The van der Waals surface area contributed by atoms with E-state index in [9.17, 15) is 14.9 Å². The van der Waals surface area contributed by atoms with Crippen LogP contribution in [0.25, 0.3) is 6.08 Å². The fourth-order valence-corrected chi connectivity index (χ4v) is 2.54. The first-order valence-corrected chi connectivity index (χ1v) is 9.40. The second-order valence-corrected chi connectivity index (χ2v) is 6.86. The maximum atomic E-state index is 12.1. The SMILES string of the molecule is COc1cc(/C=C(\C#N)C(=O)NC(C)C)ccc1OC(=O)COc1cccc(Cl)c1. The van der Waals surface area contributed by atoms with Gasteiger partial charge in [0.2, 0.25) is 0 Å². The lowest BCUT2D eigenvalue weighted by atomic mass is 10.1. The highest BCUT2D eigenvalue weighted by Crippen LogP contribution is 2.29. The zero-order valence-corrected chi connectivity index (χ0v) is 17.5. The summed E-state index contributed by atoms with van der Waals surface area (Å²) >= 11 is 5.87. The number of ether oxygens (including phenoxy) is 3. The number of hydrogen-bond donors (Lipinski definition) is 1. The van der Waals surface area contributed by atoms with Gasteiger partial charge in [-0.3, -0.25) is 4.79 Å². The molecule has 0 bridgehead atoms. The Morgan fingerprint density at radius 3 is 2.60 bits per heavy atom. The first-order chi connectivity index (χ1) is 14.3.